The van der Waals surface area contributed by atoms with Crippen molar-refractivity contribution in [3.8, 4) is 0 Å². The quantitative estimate of drug-likeness (QED) is 0.259. The first-order valence-corrected chi connectivity index (χ1v) is 10.2. The molecule has 0 saturated heterocycles. The molecule has 0 bridgehead atoms. The van der Waals surface area contributed by atoms with Crippen LogP contribution in [-0.2, 0) is 15.7 Å². The molecule has 2 atom stereocenters. The summed E-state index contributed by atoms with van der Waals surface area (Å²) < 4.78 is 139. The van der Waals surface area contributed by atoms with E-state index in [9.17, 15) is 44.6 Å². The standard InChI is InChI=1S/C16H10Cl2F6O.CHF3O3S/c17-11-5-1-9(2-6-11)13(15(19,20)21)14(25,16(22,23)24)10-3-7-12(18)8-4-10;2-1(3,4)8(5,6)7/h1-8,13,25H;(H,5,6,7). The highest BCUT2D eigenvalue weighted by molar-refractivity contribution is 7.86. The highest BCUT2D eigenvalue weighted by Crippen LogP contribution is 2.55. The molecule has 0 aromatic heterocycles. The van der Waals surface area contributed by atoms with E-state index in [0.717, 1.165) is 36.4 Å². The number of rotatable bonds is 3. The van der Waals surface area contributed by atoms with Crippen LogP contribution in [0.1, 0.15) is 17.0 Å². The van der Waals surface area contributed by atoms with E-state index in [1.165, 1.54) is 0 Å². The molecule has 186 valence electrons. The van der Waals surface area contributed by atoms with Gasteiger partial charge in [-0.3, -0.25) is 4.55 Å². The third-order valence-electron chi connectivity index (χ3n) is 3.96. The van der Waals surface area contributed by atoms with Gasteiger partial charge in [-0.25, -0.2) is 0 Å². The summed E-state index contributed by atoms with van der Waals surface area (Å²) in [6.07, 6.45) is -11.0. The van der Waals surface area contributed by atoms with Crippen molar-refractivity contribution in [1.82, 2.24) is 0 Å². The second kappa shape index (κ2) is 9.86. The number of hydrogen-bond acceptors (Lipinski definition) is 3. The monoisotopic (exact) mass is 552 g/mol. The van der Waals surface area contributed by atoms with Crippen molar-refractivity contribution < 1.29 is 57.6 Å². The number of aliphatic hydroxyl groups is 1. The Morgan fingerprint density at radius 1 is 0.727 bits per heavy atom. The normalized spacial score (nSPS) is 15.8. The average molecular weight is 553 g/mol. The van der Waals surface area contributed by atoms with Gasteiger partial charge in [0.1, 0.15) is 5.92 Å². The molecular formula is C17H11Cl2F9O4S. The van der Waals surface area contributed by atoms with Gasteiger partial charge < -0.3 is 5.11 Å². The van der Waals surface area contributed by atoms with Crippen LogP contribution >= 0.6 is 23.2 Å². The molecule has 2 aromatic rings. The highest BCUT2D eigenvalue weighted by Gasteiger charge is 2.67. The molecule has 0 heterocycles. The Bertz CT molecular complexity index is 1030. The van der Waals surface area contributed by atoms with E-state index in [4.69, 9.17) is 36.2 Å². The van der Waals surface area contributed by atoms with E-state index in [0.29, 0.717) is 12.1 Å². The van der Waals surface area contributed by atoms with E-state index in [1.54, 1.807) is 0 Å². The Hall–Kier alpha value is -1.74. The molecule has 0 amide bonds. The van der Waals surface area contributed by atoms with Gasteiger partial charge in [0.15, 0.2) is 0 Å². The molecule has 33 heavy (non-hydrogen) atoms. The summed E-state index contributed by atoms with van der Waals surface area (Å²) in [5.41, 5.74) is -11.5. The topological polar surface area (TPSA) is 74.6 Å². The van der Waals surface area contributed by atoms with Gasteiger partial charge in [-0.2, -0.15) is 47.9 Å². The van der Waals surface area contributed by atoms with E-state index < -0.39 is 50.6 Å². The van der Waals surface area contributed by atoms with Crippen molar-refractivity contribution in [2.24, 2.45) is 0 Å². The summed E-state index contributed by atoms with van der Waals surface area (Å²) in [5, 5.41) is 10.4. The minimum Gasteiger partial charge on any atom is -0.376 e. The predicted molar refractivity (Wildman–Crippen MR) is 99.3 cm³/mol. The fourth-order valence-electron chi connectivity index (χ4n) is 2.52. The smallest absolute Gasteiger partial charge is 0.376 e. The summed E-state index contributed by atoms with van der Waals surface area (Å²) in [6, 6.07) is 7.02. The molecule has 0 aliphatic rings. The molecule has 0 saturated carbocycles. The fraction of sp³-hybridized carbons (Fsp3) is 0.294. The highest BCUT2D eigenvalue weighted by atomic mass is 35.5. The first-order valence-electron chi connectivity index (χ1n) is 8.03. The lowest BCUT2D eigenvalue weighted by Gasteiger charge is -2.39. The minimum atomic E-state index is -5.84. The Kier molecular flexibility index (Phi) is 8.75. The Labute approximate surface area is 190 Å². The summed E-state index contributed by atoms with van der Waals surface area (Å²) in [6.45, 7) is 0. The molecule has 0 radical (unpaired) electrons. The van der Waals surface area contributed by atoms with Gasteiger partial charge in [0.05, 0.1) is 0 Å². The van der Waals surface area contributed by atoms with Gasteiger partial charge in [0, 0.05) is 10.0 Å². The van der Waals surface area contributed by atoms with Crippen molar-refractivity contribution in [3.05, 3.63) is 69.7 Å². The molecule has 2 aromatic carbocycles. The van der Waals surface area contributed by atoms with Crippen molar-refractivity contribution >= 4 is 33.3 Å². The van der Waals surface area contributed by atoms with Crippen LogP contribution in [0.15, 0.2) is 48.5 Å². The van der Waals surface area contributed by atoms with Crippen LogP contribution in [0, 0.1) is 0 Å². The lowest BCUT2D eigenvalue weighted by molar-refractivity contribution is -0.313. The second-order valence-electron chi connectivity index (χ2n) is 6.22. The van der Waals surface area contributed by atoms with Gasteiger partial charge >= 0.3 is 28.0 Å². The number of alkyl halides is 9. The van der Waals surface area contributed by atoms with Crippen molar-refractivity contribution in [2.75, 3.05) is 0 Å². The summed E-state index contributed by atoms with van der Waals surface area (Å²) in [7, 11) is -5.84. The van der Waals surface area contributed by atoms with Crippen molar-refractivity contribution in [1.29, 1.82) is 0 Å². The zero-order chi connectivity index (χ0) is 26.0. The van der Waals surface area contributed by atoms with Gasteiger partial charge in [-0.1, -0.05) is 47.5 Å². The van der Waals surface area contributed by atoms with Crippen molar-refractivity contribution in [2.45, 2.75) is 29.4 Å². The molecule has 2 N–H and O–H groups in total. The molecule has 16 heteroatoms. The summed E-state index contributed by atoms with van der Waals surface area (Å²) >= 11 is 11.2. The summed E-state index contributed by atoms with van der Waals surface area (Å²) in [5.74, 6) is -3.25. The Balaban J connectivity index is 0.000000582. The number of benzene rings is 2. The van der Waals surface area contributed by atoms with Gasteiger partial charge in [-0.15, -0.1) is 0 Å². The fourth-order valence-corrected chi connectivity index (χ4v) is 2.77. The largest absolute Gasteiger partial charge is 0.522 e. The van der Waals surface area contributed by atoms with Crippen LogP contribution in [0.2, 0.25) is 10.0 Å². The Morgan fingerprint density at radius 2 is 1.06 bits per heavy atom. The van der Waals surface area contributed by atoms with Crippen molar-refractivity contribution in [3.63, 3.8) is 0 Å². The van der Waals surface area contributed by atoms with Crippen LogP contribution in [0.25, 0.3) is 0 Å². The first-order chi connectivity index (χ1) is 14.6. The van der Waals surface area contributed by atoms with Gasteiger partial charge in [-0.05, 0) is 35.4 Å². The van der Waals surface area contributed by atoms with Crippen LogP contribution in [0.4, 0.5) is 39.5 Å². The van der Waals surface area contributed by atoms with Crippen LogP contribution < -0.4 is 0 Å². The molecule has 0 aliphatic carbocycles. The molecular weight excluding hydrogens is 542 g/mol. The number of halogens is 11. The third kappa shape index (κ3) is 7.12. The maximum Gasteiger partial charge on any atom is 0.522 e. The van der Waals surface area contributed by atoms with Crippen LogP contribution in [0.5, 0.6) is 0 Å². The van der Waals surface area contributed by atoms with Gasteiger partial charge in [0.25, 0.3) is 0 Å². The molecule has 0 fully saturated rings. The first kappa shape index (κ1) is 29.3. The van der Waals surface area contributed by atoms with Crippen LogP contribution in [0.3, 0.4) is 0 Å². The second-order valence-corrected chi connectivity index (χ2v) is 8.50. The Morgan fingerprint density at radius 3 is 1.33 bits per heavy atom. The maximum atomic E-state index is 13.6. The molecule has 2 rings (SSSR count). The predicted octanol–water partition coefficient (Wildman–Crippen LogP) is 6.48. The lowest BCUT2D eigenvalue weighted by Crippen LogP contribution is -2.52. The number of hydrogen-bond donors (Lipinski definition) is 2. The molecule has 2 unspecified atom stereocenters. The zero-order valence-electron chi connectivity index (χ0n) is 15.5. The van der Waals surface area contributed by atoms with E-state index in [1.807, 2.05) is 0 Å². The van der Waals surface area contributed by atoms with Crippen LogP contribution in [-0.4, -0.2) is 35.9 Å². The minimum absolute atomic E-state index is 0.0170. The lowest BCUT2D eigenvalue weighted by atomic mass is 9.76. The SMILES string of the molecule is O=S(=O)(O)C(F)(F)F.OC(c1ccc(Cl)cc1)(C(c1ccc(Cl)cc1)C(F)(F)F)C(F)(F)F. The molecule has 4 nitrogen and oxygen atoms in total. The average Bonchev–Trinajstić information content (AvgIpc) is 2.61. The third-order valence-corrected chi connectivity index (χ3v) is 5.05. The molecule has 0 spiro atoms. The van der Waals surface area contributed by atoms with E-state index in [2.05, 4.69) is 0 Å². The van der Waals surface area contributed by atoms with E-state index in [-0.39, 0.29) is 10.0 Å². The zero-order valence-corrected chi connectivity index (χ0v) is 17.8. The molecule has 0 aliphatic heterocycles. The summed E-state index contributed by atoms with van der Waals surface area (Å²) in [4.78, 5) is 0. The van der Waals surface area contributed by atoms with Gasteiger partial charge in [0.2, 0.25) is 5.60 Å². The maximum absolute atomic E-state index is 13.6. The van der Waals surface area contributed by atoms with E-state index >= 15 is 0 Å².